The van der Waals surface area contributed by atoms with Gasteiger partial charge >= 0.3 is 0 Å². The molecule has 15 heavy (non-hydrogen) atoms. The van der Waals surface area contributed by atoms with Gasteiger partial charge in [0.1, 0.15) is 0 Å². The number of rotatable bonds is 5. The number of nitrogens with zero attached hydrogens (tertiary/aromatic N) is 2. The van der Waals surface area contributed by atoms with Gasteiger partial charge in [-0.2, -0.15) is 0 Å². The van der Waals surface area contributed by atoms with E-state index in [1.165, 1.54) is 5.57 Å². The summed E-state index contributed by atoms with van der Waals surface area (Å²) in [6.45, 7) is 5.40. The Balaban J connectivity index is 2.24. The van der Waals surface area contributed by atoms with E-state index in [0.29, 0.717) is 6.04 Å². The summed E-state index contributed by atoms with van der Waals surface area (Å²) in [6.07, 6.45) is 8.39. The molecule has 1 rings (SSSR count). The molecule has 1 unspecified atom stereocenters. The van der Waals surface area contributed by atoms with Gasteiger partial charge in [-0.05, 0) is 19.8 Å². The minimum Gasteiger partial charge on any atom is -0.326 e. The molecule has 1 fully saturated rings. The molecule has 0 amide bonds. The highest BCUT2D eigenvalue weighted by Crippen LogP contribution is 2.08. The Morgan fingerprint density at radius 2 is 2.47 bits per heavy atom. The van der Waals surface area contributed by atoms with Crippen molar-refractivity contribution in [2.75, 3.05) is 19.6 Å². The van der Waals surface area contributed by atoms with Crippen molar-refractivity contribution in [3.05, 3.63) is 23.9 Å². The summed E-state index contributed by atoms with van der Waals surface area (Å²) in [5, 5.41) is 0. The Morgan fingerprint density at radius 3 is 3.07 bits per heavy atom. The van der Waals surface area contributed by atoms with Crippen LogP contribution in [0.15, 0.2) is 28.6 Å². The molecule has 0 aliphatic carbocycles. The zero-order valence-electron chi connectivity index (χ0n) is 9.52. The molecule has 0 aromatic heterocycles. The highest BCUT2D eigenvalue weighted by Gasteiger charge is 2.17. The Hall–Kier alpha value is -0.583. The summed E-state index contributed by atoms with van der Waals surface area (Å²) in [7, 11) is 1.61. The van der Waals surface area contributed by atoms with Gasteiger partial charge in [0, 0.05) is 31.9 Å². The third kappa shape index (κ3) is 5.16. The molecule has 0 radical (unpaired) electrons. The predicted octanol–water partition coefficient (Wildman–Crippen LogP) is 0.686. The van der Waals surface area contributed by atoms with Gasteiger partial charge in [0.25, 0.3) is 0 Å². The first kappa shape index (κ1) is 12.5. The van der Waals surface area contributed by atoms with Crippen LogP contribution >= 0.6 is 0 Å². The largest absolute Gasteiger partial charge is 0.326 e. The molecular formula is C11H21N3Si. The Kier molecular flexibility index (Phi) is 5.68. The fourth-order valence-electron chi connectivity index (χ4n) is 1.71. The Bertz CT molecular complexity index is 261. The first-order valence-electron chi connectivity index (χ1n) is 5.46. The lowest BCUT2D eigenvalue weighted by Crippen LogP contribution is -2.26. The van der Waals surface area contributed by atoms with E-state index in [-0.39, 0.29) is 0 Å². The highest BCUT2D eigenvalue weighted by atomic mass is 28.1. The van der Waals surface area contributed by atoms with Crippen LogP contribution in [0, 0.1) is 0 Å². The van der Waals surface area contributed by atoms with Crippen LogP contribution in [-0.2, 0) is 0 Å². The topological polar surface area (TPSA) is 41.6 Å². The number of nitrogens with two attached hydrogens (primary N) is 1. The molecule has 0 aromatic carbocycles. The third-order valence-corrected chi connectivity index (χ3v) is 2.87. The molecule has 1 aliphatic rings. The van der Waals surface area contributed by atoms with Crippen LogP contribution in [0.3, 0.4) is 0 Å². The summed E-state index contributed by atoms with van der Waals surface area (Å²) < 4.78 is 3.95. The van der Waals surface area contributed by atoms with E-state index in [1.54, 1.807) is 10.0 Å². The maximum absolute atomic E-state index is 5.84. The summed E-state index contributed by atoms with van der Waals surface area (Å²) in [5.41, 5.74) is 7.25. The lowest BCUT2D eigenvalue weighted by molar-refractivity contribution is 0.371. The molecule has 3 nitrogen and oxygen atoms in total. The molecular weight excluding hydrogens is 202 g/mol. The molecule has 0 aromatic rings. The molecule has 4 heteroatoms. The Labute approximate surface area is 95.2 Å². The van der Waals surface area contributed by atoms with Crippen LogP contribution in [0.25, 0.3) is 0 Å². The lowest BCUT2D eigenvalue weighted by atomic mass is 10.2. The molecule has 1 atom stereocenters. The van der Waals surface area contributed by atoms with Gasteiger partial charge in [-0.25, -0.2) is 0 Å². The van der Waals surface area contributed by atoms with Gasteiger partial charge < -0.3 is 10.4 Å². The average molecular weight is 223 g/mol. The fraction of sp³-hybridized carbons (Fsp3) is 0.636. The standard InChI is InChI=1S/C11H21N3Si/c1-10(3-2-6-13-15)4-7-14-8-5-11(12)9-14/h2,4,6,11H,3,5,7-9,12,15H2,1H3/b6-2-,10-4-. The molecule has 0 bridgehead atoms. The molecule has 2 N–H and O–H groups in total. The van der Waals surface area contributed by atoms with E-state index in [1.807, 2.05) is 6.20 Å². The quantitative estimate of drug-likeness (QED) is 0.550. The molecule has 0 spiro atoms. The molecule has 0 saturated carbocycles. The van der Waals surface area contributed by atoms with E-state index in [4.69, 9.17) is 5.73 Å². The lowest BCUT2D eigenvalue weighted by Gasteiger charge is -2.12. The summed E-state index contributed by atoms with van der Waals surface area (Å²) in [4.78, 5) is 2.41. The van der Waals surface area contributed by atoms with E-state index in [2.05, 4.69) is 28.6 Å². The SMILES string of the molecule is C/C(=C/CN1CCC(N)C1)C/C=C\N=[SiH2]. The smallest absolute Gasteiger partial charge is 0.0960 e. The number of hydrogen-bond donors (Lipinski definition) is 1. The van der Waals surface area contributed by atoms with Crippen molar-refractivity contribution in [1.29, 1.82) is 0 Å². The van der Waals surface area contributed by atoms with Crippen molar-refractivity contribution < 1.29 is 0 Å². The maximum Gasteiger partial charge on any atom is 0.0960 e. The van der Waals surface area contributed by atoms with Crippen molar-refractivity contribution in [1.82, 2.24) is 4.90 Å². The molecule has 1 aliphatic heterocycles. The highest BCUT2D eigenvalue weighted by molar-refractivity contribution is 5.92. The second-order valence-corrected chi connectivity index (χ2v) is 4.50. The van der Waals surface area contributed by atoms with Crippen molar-refractivity contribution in [3.8, 4) is 0 Å². The van der Waals surface area contributed by atoms with Crippen LogP contribution in [0.1, 0.15) is 19.8 Å². The van der Waals surface area contributed by atoms with Gasteiger partial charge in [-0.1, -0.05) is 17.7 Å². The second kappa shape index (κ2) is 6.82. The summed E-state index contributed by atoms with van der Waals surface area (Å²) in [5.74, 6) is 0. The fourth-order valence-corrected chi connectivity index (χ4v) is 1.86. The van der Waals surface area contributed by atoms with Crippen LogP contribution in [0.4, 0.5) is 0 Å². The van der Waals surface area contributed by atoms with Crippen molar-refractivity contribution in [2.45, 2.75) is 25.8 Å². The molecule has 1 heterocycles. The van der Waals surface area contributed by atoms with Gasteiger partial charge in [0.05, 0.1) is 10.0 Å². The Morgan fingerprint density at radius 1 is 1.67 bits per heavy atom. The van der Waals surface area contributed by atoms with E-state index in [0.717, 1.165) is 32.5 Å². The number of allylic oxidation sites excluding steroid dienone is 2. The predicted molar refractivity (Wildman–Crippen MR) is 67.5 cm³/mol. The van der Waals surface area contributed by atoms with Crippen molar-refractivity contribution >= 4 is 10.0 Å². The summed E-state index contributed by atoms with van der Waals surface area (Å²) in [6, 6.07) is 0.387. The monoisotopic (exact) mass is 223 g/mol. The third-order valence-electron chi connectivity index (χ3n) is 2.66. The van der Waals surface area contributed by atoms with Gasteiger partial charge in [0.15, 0.2) is 0 Å². The van der Waals surface area contributed by atoms with Crippen LogP contribution in [-0.4, -0.2) is 40.6 Å². The van der Waals surface area contributed by atoms with Gasteiger partial charge in [-0.15, -0.1) is 0 Å². The van der Waals surface area contributed by atoms with Crippen LogP contribution in [0.2, 0.25) is 0 Å². The van der Waals surface area contributed by atoms with E-state index in [9.17, 15) is 0 Å². The minimum atomic E-state index is 0.387. The zero-order valence-corrected chi connectivity index (χ0v) is 10.9. The first-order chi connectivity index (χ1) is 7.22. The number of hydrogen-bond acceptors (Lipinski definition) is 3. The van der Waals surface area contributed by atoms with E-state index >= 15 is 0 Å². The van der Waals surface area contributed by atoms with Crippen LogP contribution < -0.4 is 5.73 Å². The van der Waals surface area contributed by atoms with Crippen molar-refractivity contribution in [3.63, 3.8) is 0 Å². The molecule has 84 valence electrons. The number of likely N-dealkylation sites (tertiary alicyclic amines) is 1. The molecule has 1 saturated heterocycles. The average Bonchev–Trinajstić information content (AvgIpc) is 2.62. The van der Waals surface area contributed by atoms with Crippen molar-refractivity contribution in [2.24, 2.45) is 10.4 Å². The summed E-state index contributed by atoms with van der Waals surface area (Å²) >= 11 is 0. The first-order valence-corrected chi connectivity index (χ1v) is 6.10. The second-order valence-electron chi connectivity index (χ2n) is 4.13. The maximum atomic E-state index is 5.84. The van der Waals surface area contributed by atoms with Gasteiger partial charge in [-0.3, -0.25) is 4.90 Å². The zero-order chi connectivity index (χ0) is 11.1. The van der Waals surface area contributed by atoms with Crippen LogP contribution in [0.5, 0.6) is 0 Å². The normalized spacial score (nSPS) is 23.9. The van der Waals surface area contributed by atoms with E-state index < -0.39 is 0 Å². The van der Waals surface area contributed by atoms with Gasteiger partial charge in [0.2, 0.25) is 0 Å². The minimum absolute atomic E-state index is 0.387.